The van der Waals surface area contributed by atoms with Crippen molar-refractivity contribution in [1.82, 2.24) is 14.5 Å². The Bertz CT molecular complexity index is 1070. The number of rotatable bonds is 6. The van der Waals surface area contributed by atoms with Gasteiger partial charge in [-0.05, 0) is 36.4 Å². The zero-order valence-corrected chi connectivity index (χ0v) is 16.9. The summed E-state index contributed by atoms with van der Waals surface area (Å²) < 4.78 is 1.43. The molecule has 0 atom stereocenters. The van der Waals surface area contributed by atoms with Crippen molar-refractivity contribution in [2.75, 3.05) is 18.9 Å². The van der Waals surface area contributed by atoms with Gasteiger partial charge in [0.05, 0.1) is 18.3 Å². The molecule has 3 aromatic rings. The maximum Gasteiger partial charge on any atom is 0.262 e. The van der Waals surface area contributed by atoms with Crippen LogP contribution in [0, 0.1) is 13.8 Å². The largest absolute Gasteiger partial charge is 0.336 e. The van der Waals surface area contributed by atoms with Crippen LogP contribution in [-0.4, -0.2) is 39.9 Å². The number of benzene rings is 1. The van der Waals surface area contributed by atoms with Gasteiger partial charge in [-0.3, -0.25) is 19.0 Å². The number of aromatic nitrogens is 2. The zero-order valence-electron chi connectivity index (χ0n) is 16.1. The average molecular weight is 398 g/mol. The van der Waals surface area contributed by atoms with Gasteiger partial charge < -0.3 is 10.2 Å². The molecule has 2 amide bonds. The molecule has 0 radical (unpaired) electrons. The van der Waals surface area contributed by atoms with Crippen molar-refractivity contribution in [3.8, 4) is 0 Å². The highest BCUT2D eigenvalue weighted by atomic mass is 32.1. The summed E-state index contributed by atoms with van der Waals surface area (Å²) in [7, 11) is 1.58. The summed E-state index contributed by atoms with van der Waals surface area (Å²) in [5, 5.41) is 5.24. The van der Waals surface area contributed by atoms with Crippen LogP contribution in [0.3, 0.4) is 0 Å². The molecule has 3 rings (SSSR count). The quantitative estimate of drug-likeness (QED) is 0.692. The van der Waals surface area contributed by atoms with E-state index in [1.165, 1.54) is 27.1 Å². The molecule has 7 nitrogen and oxygen atoms in total. The minimum absolute atomic E-state index is 0.0523. The molecular formula is C20H22N4O3S. The van der Waals surface area contributed by atoms with Gasteiger partial charge in [0.2, 0.25) is 11.8 Å². The fourth-order valence-corrected chi connectivity index (χ4v) is 3.68. The van der Waals surface area contributed by atoms with Crippen molar-refractivity contribution in [2.24, 2.45) is 0 Å². The van der Waals surface area contributed by atoms with Gasteiger partial charge in [-0.1, -0.05) is 18.2 Å². The topological polar surface area (TPSA) is 84.3 Å². The summed E-state index contributed by atoms with van der Waals surface area (Å²) in [6.07, 6.45) is 1.58. The Morgan fingerprint density at radius 1 is 1.21 bits per heavy atom. The van der Waals surface area contributed by atoms with E-state index in [9.17, 15) is 14.4 Å². The number of likely N-dealkylation sites (N-methyl/N-ethyl adjacent to an activating group) is 1. The summed E-state index contributed by atoms with van der Waals surface area (Å²) >= 11 is 1.40. The summed E-state index contributed by atoms with van der Waals surface area (Å²) in [5.41, 5.74) is 2.56. The van der Waals surface area contributed by atoms with Gasteiger partial charge in [0.25, 0.3) is 5.56 Å². The number of anilines is 1. The van der Waals surface area contributed by atoms with Crippen LogP contribution >= 0.6 is 11.3 Å². The van der Waals surface area contributed by atoms with Crippen molar-refractivity contribution in [1.29, 1.82) is 0 Å². The molecule has 0 aliphatic rings. The summed E-state index contributed by atoms with van der Waals surface area (Å²) in [6, 6.07) is 7.51. The number of hydrogen-bond acceptors (Lipinski definition) is 5. The molecule has 0 spiro atoms. The fourth-order valence-electron chi connectivity index (χ4n) is 2.95. The lowest BCUT2D eigenvalue weighted by molar-refractivity contribution is -0.133. The van der Waals surface area contributed by atoms with E-state index in [-0.39, 0.29) is 36.9 Å². The smallest absolute Gasteiger partial charge is 0.262 e. The average Bonchev–Trinajstić information content (AvgIpc) is 3.13. The number of carbonyl (C=O) groups excluding carboxylic acids is 2. The number of hydrogen-bond donors (Lipinski definition) is 1. The van der Waals surface area contributed by atoms with Crippen molar-refractivity contribution in [3.05, 3.63) is 57.5 Å². The Kier molecular flexibility index (Phi) is 5.89. The number of para-hydroxylation sites is 1. The van der Waals surface area contributed by atoms with Gasteiger partial charge in [-0.2, -0.15) is 0 Å². The molecule has 0 aliphatic carbocycles. The van der Waals surface area contributed by atoms with Crippen molar-refractivity contribution >= 4 is 39.1 Å². The molecule has 0 unspecified atom stereocenters. The van der Waals surface area contributed by atoms with E-state index in [1.807, 2.05) is 37.4 Å². The summed E-state index contributed by atoms with van der Waals surface area (Å²) in [4.78, 5) is 43.3. The number of fused-ring (bicyclic) bond motifs is 1. The molecule has 1 N–H and O–H groups in total. The van der Waals surface area contributed by atoms with Gasteiger partial charge in [0.1, 0.15) is 4.83 Å². The van der Waals surface area contributed by atoms with Crippen LogP contribution in [0.15, 0.2) is 40.8 Å². The number of thiophene rings is 1. The Hall–Kier alpha value is -3.00. The number of amides is 2. The van der Waals surface area contributed by atoms with Gasteiger partial charge in [0, 0.05) is 25.7 Å². The van der Waals surface area contributed by atoms with Crippen molar-refractivity contribution < 1.29 is 9.59 Å². The van der Waals surface area contributed by atoms with Crippen LogP contribution in [0.5, 0.6) is 0 Å². The lowest BCUT2D eigenvalue weighted by atomic mass is 10.1. The highest BCUT2D eigenvalue weighted by Crippen LogP contribution is 2.19. The van der Waals surface area contributed by atoms with Gasteiger partial charge in [0.15, 0.2) is 0 Å². The van der Waals surface area contributed by atoms with Gasteiger partial charge in [-0.15, -0.1) is 11.3 Å². The molecule has 8 heteroatoms. The monoisotopic (exact) mass is 398 g/mol. The van der Waals surface area contributed by atoms with E-state index in [4.69, 9.17) is 0 Å². The second-order valence-corrected chi connectivity index (χ2v) is 7.59. The number of carbonyl (C=O) groups is 2. The molecular weight excluding hydrogens is 376 g/mol. The lowest BCUT2D eigenvalue weighted by Gasteiger charge is -2.18. The first-order valence-corrected chi connectivity index (χ1v) is 9.77. The van der Waals surface area contributed by atoms with Crippen LogP contribution in [0.25, 0.3) is 10.2 Å². The normalized spacial score (nSPS) is 10.8. The van der Waals surface area contributed by atoms with E-state index < -0.39 is 0 Å². The van der Waals surface area contributed by atoms with Crippen LogP contribution in [-0.2, 0) is 16.1 Å². The molecule has 146 valence electrons. The van der Waals surface area contributed by atoms with Crippen LogP contribution < -0.4 is 10.9 Å². The predicted molar refractivity (Wildman–Crippen MR) is 111 cm³/mol. The van der Waals surface area contributed by atoms with E-state index >= 15 is 0 Å². The van der Waals surface area contributed by atoms with E-state index in [0.29, 0.717) is 10.2 Å². The Balaban J connectivity index is 1.57. The minimum atomic E-state index is -0.258. The molecule has 1 aromatic carbocycles. The van der Waals surface area contributed by atoms with Crippen molar-refractivity contribution in [2.45, 2.75) is 26.8 Å². The first-order chi connectivity index (χ1) is 13.4. The molecule has 28 heavy (non-hydrogen) atoms. The summed E-state index contributed by atoms with van der Waals surface area (Å²) in [5.74, 6) is -0.472. The third-order valence-corrected chi connectivity index (χ3v) is 5.39. The standard InChI is InChI=1S/C20H22N4O3S/c1-13-5-4-6-14(2)18(13)22-16(25)11-23(3)17(26)7-9-24-12-21-19-15(20(24)27)8-10-28-19/h4-6,8,10,12H,7,9,11H2,1-3H3,(H,22,25). The molecule has 2 heterocycles. The molecule has 0 aliphatic heterocycles. The van der Waals surface area contributed by atoms with Crippen LogP contribution in [0.2, 0.25) is 0 Å². The maximum atomic E-state index is 12.4. The maximum absolute atomic E-state index is 12.4. The molecule has 2 aromatic heterocycles. The lowest BCUT2D eigenvalue weighted by Crippen LogP contribution is -2.36. The summed E-state index contributed by atoms with van der Waals surface area (Å²) in [6.45, 7) is 4.02. The minimum Gasteiger partial charge on any atom is -0.336 e. The molecule has 0 saturated heterocycles. The number of nitrogens with zero attached hydrogens (tertiary/aromatic N) is 3. The molecule has 0 saturated carbocycles. The van der Waals surface area contributed by atoms with E-state index in [0.717, 1.165) is 16.8 Å². The Labute approximate surface area is 166 Å². The van der Waals surface area contributed by atoms with Crippen LogP contribution in [0.1, 0.15) is 17.5 Å². The third kappa shape index (κ3) is 4.28. The molecule has 0 bridgehead atoms. The number of nitrogens with one attached hydrogen (secondary N) is 1. The Morgan fingerprint density at radius 3 is 2.64 bits per heavy atom. The first kappa shape index (κ1) is 19.8. The second kappa shape index (κ2) is 8.35. The second-order valence-electron chi connectivity index (χ2n) is 6.70. The zero-order chi connectivity index (χ0) is 20.3. The highest BCUT2D eigenvalue weighted by molar-refractivity contribution is 7.16. The SMILES string of the molecule is Cc1cccc(C)c1NC(=O)CN(C)C(=O)CCn1cnc2sccc2c1=O. The van der Waals surface area contributed by atoms with E-state index in [1.54, 1.807) is 13.1 Å². The highest BCUT2D eigenvalue weighted by Gasteiger charge is 2.15. The van der Waals surface area contributed by atoms with E-state index in [2.05, 4.69) is 10.3 Å². The van der Waals surface area contributed by atoms with Gasteiger partial charge in [-0.25, -0.2) is 4.98 Å². The predicted octanol–water partition coefficient (Wildman–Crippen LogP) is 2.56. The number of aryl methyl sites for hydroxylation is 3. The fraction of sp³-hybridized carbons (Fsp3) is 0.300. The molecule has 0 fully saturated rings. The van der Waals surface area contributed by atoms with Crippen molar-refractivity contribution in [3.63, 3.8) is 0 Å². The van der Waals surface area contributed by atoms with Crippen LogP contribution in [0.4, 0.5) is 5.69 Å². The van der Waals surface area contributed by atoms with Gasteiger partial charge >= 0.3 is 0 Å². The third-order valence-electron chi connectivity index (χ3n) is 4.57. The Morgan fingerprint density at radius 2 is 1.93 bits per heavy atom. The first-order valence-electron chi connectivity index (χ1n) is 8.89.